The van der Waals surface area contributed by atoms with E-state index in [2.05, 4.69) is 36.1 Å². The van der Waals surface area contributed by atoms with Gasteiger partial charge in [0.2, 0.25) is 0 Å². The van der Waals surface area contributed by atoms with Crippen LogP contribution in [0.4, 0.5) is 0 Å². The molecule has 0 aliphatic carbocycles. The van der Waals surface area contributed by atoms with Crippen LogP contribution < -0.4 is 0 Å². The SMILES string of the molecule is CCCCc1ccc2cc[se]c2c1. The van der Waals surface area contributed by atoms with Crippen molar-refractivity contribution >= 4 is 24.1 Å². The van der Waals surface area contributed by atoms with Crippen molar-refractivity contribution in [1.82, 2.24) is 0 Å². The summed E-state index contributed by atoms with van der Waals surface area (Å²) in [5.41, 5.74) is 1.52. The Morgan fingerprint density at radius 3 is 3.00 bits per heavy atom. The van der Waals surface area contributed by atoms with E-state index < -0.39 is 0 Å². The first-order valence-corrected chi connectivity index (χ1v) is 6.71. The summed E-state index contributed by atoms with van der Waals surface area (Å²) in [6.07, 6.45) is 3.86. The number of hydrogen-bond donors (Lipinski definition) is 0. The van der Waals surface area contributed by atoms with Gasteiger partial charge in [-0.2, -0.15) is 0 Å². The van der Waals surface area contributed by atoms with E-state index in [0.29, 0.717) is 14.5 Å². The summed E-state index contributed by atoms with van der Waals surface area (Å²) in [5, 5.41) is 1.44. The minimum atomic E-state index is 0.609. The molecule has 0 aliphatic heterocycles. The van der Waals surface area contributed by atoms with Crippen molar-refractivity contribution in [1.29, 1.82) is 0 Å². The maximum atomic E-state index is 2.39. The molecule has 0 unspecified atom stereocenters. The number of hydrogen-bond acceptors (Lipinski definition) is 0. The molecule has 0 saturated carbocycles. The van der Waals surface area contributed by atoms with E-state index in [-0.39, 0.29) is 0 Å². The summed E-state index contributed by atoms with van der Waals surface area (Å²) in [5.74, 6) is 0. The van der Waals surface area contributed by atoms with Gasteiger partial charge in [0.25, 0.3) is 0 Å². The fraction of sp³-hybridized carbons (Fsp3) is 0.333. The molecule has 0 nitrogen and oxygen atoms in total. The van der Waals surface area contributed by atoms with Crippen LogP contribution in [0.25, 0.3) is 9.65 Å². The van der Waals surface area contributed by atoms with Crippen molar-refractivity contribution in [2.45, 2.75) is 26.2 Å². The van der Waals surface area contributed by atoms with Crippen molar-refractivity contribution in [3.05, 3.63) is 34.8 Å². The zero-order valence-corrected chi connectivity index (χ0v) is 9.63. The normalized spacial score (nSPS) is 10.8. The van der Waals surface area contributed by atoms with Gasteiger partial charge >= 0.3 is 85.1 Å². The van der Waals surface area contributed by atoms with E-state index in [1.807, 2.05) is 0 Å². The van der Waals surface area contributed by atoms with Crippen LogP contribution in [0.3, 0.4) is 0 Å². The molecule has 0 atom stereocenters. The zero-order valence-electron chi connectivity index (χ0n) is 7.92. The molecule has 68 valence electrons. The van der Waals surface area contributed by atoms with Gasteiger partial charge in [-0.05, 0) is 0 Å². The minimum absolute atomic E-state index is 0.609. The van der Waals surface area contributed by atoms with Gasteiger partial charge in [0.1, 0.15) is 0 Å². The molecule has 1 aromatic heterocycles. The average Bonchev–Trinajstić information content (AvgIpc) is 2.61. The molecular weight excluding hydrogens is 223 g/mol. The molecule has 2 rings (SSSR count). The van der Waals surface area contributed by atoms with E-state index in [1.165, 1.54) is 30.2 Å². The molecule has 0 spiro atoms. The average molecular weight is 237 g/mol. The number of aryl methyl sites for hydroxylation is 1. The number of fused-ring (bicyclic) bond motifs is 1. The van der Waals surface area contributed by atoms with Crippen molar-refractivity contribution in [3.8, 4) is 0 Å². The van der Waals surface area contributed by atoms with Crippen LogP contribution in [-0.2, 0) is 6.42 Å². The van der Waals surface area contributed by atoms with Crippen molar-refractivity contribution in [2.75, 3.05) is 0 Å². The van der Waals surface area contributed by atoms with Gasteiger partial charge < -0.3 is 0 Å². The van der Waals surface area contributed by atoms with Gasteiger partial charge in [0, 0.05) is 0 Å². The third-order valence-corrected chi connectivity index (χ3v) is 4.19. The predicted molar refractivity (Wildman–Crippen MR) is 59.5 cm³/mol. The van der Waals surface area contributed by atoms with Crippen LogP contribution in [0.2, 0.25) is 0 Å². The standard InChI is InChI=1S/C12H14Se/c1-2-3-4-10-5-6-11-7-8-13-12(11)9-10/h5-9H,2-4H2,1H3. The van der Waals surface area contributed by atoms with Gasteiger partial charge in [0.05, 0.1) is 0 Å². The maximum absolute atomic E-state index is 2.39. The second-order valence-corrected chi connectivity index (χ2v) is 5.38. The second kappa shape index (κ2) is 4.13. The van der Waals surface area contributed by atoms with Crippen LogP contribution >= 0.6 is 0 Å². The predicted octanol–water partition coefficient (Wildman–Crippen LogP) is 3.24. The Labute approximate surface area is 85.3 Å². The molecule has 2 aromatic rings. The topological polar surface area (TPSA) is 0 Å². The first-order chi connectivity index (χ1) is 6.40. The number of rotatable bonds is 3. The molecule has 1 heterocycles. The van der Waals surface area contributed by atoms with Crippen LogP contribution in [0, 0.1) is 0 Å². The van der Waals surface area contributed by atoms with E-state index >= 15 is 0 Å². The molecule has 0 radical (unpaired) electrons. The van der Waals surface area contributed by atoms with Crippen LogP contribution in [0.5, 0.6) is 0 Å². The first kappa shape index (κ1) is 9.05. The van der Waals surface area contributed by atoms with Crippen molar-refractivity contribution < 1.29 is 0 Å². The summed E-state index contributed by atoms with van der Waals surface area (Å²) < 4.78 is 1.57. The van der Waals surface area contributed by atoms with Gasteiger partial charge in [-0.1, -0.05) is 0 Å². The van der Waals surface area contributed by atoms with Gasteiger partial charge in [-0.25, -0.2) is 0 Å². The van der Waals surface area contributed by atoms with Crippen molar-refractivity contribution in [3.63, 3.8) is 0 Å². The Kier molecular flexibility index (Phi) is 2.87. The van der Waals surface area contributed by atoms with E-state index in [9.17, 15) is 0 Å². The third-order valence-electron chi connectivity index (χ3n) is 2.34. The Balaban J connectivity index is 2.26. The summed E-state index contributed by atoms with van der Waals surface area (Å²) in [6.45, 7) is 2.25. The molecule has 0 aliphatic rings. The summed E-state index contributed by atoms with van der Waals surface area (Å²) in [4.78, 5) is 2.31. The fourth-order valence-electron chi connectivity index (χ4n) is 1.54. The molecule has 1 aromatic carbocycles. The van der Waals surface area contributed by atoms with Crippen LogP contribution in [-0.4, -0.2) is 14.5 Å². The number of unbranched alkanes of at least 4 members (excludes halogenated alkanes) is 1. The van der Waals surface area contributed by atoms with E-state index in [4.69, 9.17) is 0 Å². The molecule has 0 N–H and O–H groups in total. The van der Waals surface area contributed by atoms with E-state index in [1.54, 1.807) is 4.26 Å². The third kappa shape index (κ3) is 2.04. The molecule has 0 bridgehead atoms. The van der Waals surface area contributed by atoms with Crippen LogP contribution in [0.1, 0.15) is 25.3 Å². The fourth-order valence-corrected chi connectivity index (χ4v) is 3.32. The molecule has 0 fully saturated rings. The first-order valence-electron chi connectivity index (χ1n) is 4.86. The van der Waals surface area contributed by atoms with Gasteiger partial charge in [0.15, 0.2) is 0 Å². The second-order valence-electron chi connectivity index (χ2n) is 3.40. The van der Waals surface area contributed by atoms with Crippen LogP contribution in [0.15, 0.2) is 29.2 Å². The molecule has 0 saturated heterocycles. The quantitative estimate of drug-likeness (QED) is 0.719. The molecule has 13 heavy (non-hydrogen) atoms. The zero-order chi connectivity index (χ0) is 9.10. The molecule has 0 amide bonds. The Bertz CT molecular complexity index is 387. The van der Waals surface area contributed by atoms with Gasteiger partial charge in [-0.15, -0.1) is 0 Å². The molecular formula is C12H14Se. The molecule has 1 heteroatoms. The van der Waals surface area contributed by atoms with E-state index in [0.717, 1.165) is 0 Å². The summed E-state index contributed by atoms with van der Waals surface area (Å²) in [6, 6.07) is 9.19. The number of benzene rings is 1. The Morgan fingerprint density at radius 1 is 1.23 bits per heavy atom. The van der Waals surface area contributed by atoms with Crippen molar-refractivity contribution in [2.24, 2.45) is 0 Å². The Morgan fingerprint density at radius 2 is 2.15 bits per heavy atom. The Hall–Kier alpha value is -0.521. The monoisotopic (exact) mass is 238 g/mol. The summed E-state index contributed by atoms with van der Waals surface area (Å²) >= 11 is 0.609. The van der Waals surface area contributed by atoms with Gasteiger partial charge in [-0.3, -0.25) is 0 Å². The summed E-state index contributed by atoms with van der Waals surface area (Å²) in [7, 11) is 0.